The SMILES string of the molecule is C[C@@H](N)CCc1cnc(N(C)C)s1. The highest BCUT2D eigenvalue weighted by atomic mass is 32.1. The van der Waals surface area contributed by atoms with Crippen LogP contribution < -0.4 is 10.6 Å². The Morgan fingerprint density at radius 1 is 1.62 bits per heavy atom. The fourth-order valence-corrected chi connectivity index (χ4v) is 1.84. The van der Waals surface area contributed by atoms with Crippen molar-refractivity contribution < 1.29 is 0 Å². The third-order valence-corrected chi connectivity index (χ3v) is 2.99. The molecule has 1 atom stereocenters. The second-order valence-electron chi connectivity index (χ2n) is 3.52. The van der Waals surface area contributed by atoms with E-state index < -0.39 is 0 Å². The summed E-state index contributed by atoms with van der Waals surface area (Å²) in [7, 11) is 4.02. The van der Waals surface area contributed by atoms with Gasteiger partial charge >= 0.3 is 0 Å². The number of anilines is 1. The molecular formula is C9H17N3S. The Balaban J connectivity index is 2.49. The van der Waals surface area contributed by atoms with E-state index in [1.165, 1.54) is 4.88 Å². The first kappa shape index (κ1) is 10.5. The van der Waals surface area contributed by atoms with Gasteiger partial charge in [0.05, 0.1) is 0 Å². The predicted octanol–water partition coefficient (Wildman–Crippen LogP) is 1.49. The molecule has 0 bridgehead atoms. The van der Waals surface area contributed by atoms with Crippen LogP contribution in [0.1, 0.15) is 18.2 Å². The molecular weight excluding hydrogens is 182 g/mol. The van der Waals surface area contributed by atoms with Crippen molar-refractivity contribution >= 4 is 16.5 Å². The molecule has 13 heavy (non-hydrogen) atoms. The number of aryl methyl sites for hydroxylation is 1. The lowest BCUT2D eigenvalue weighted by Gasteiger charge is -2.05. The Hall–Kier alpha value is -0.610. The minimum absolute atomic E-state index is 0.282. The molecule has 1 heterocycles. The van der Waals surface area contributed by atoms with Gasteiger partial charge in [-0.2, -0.15) is 0 Å². The molecule has 0 aliphatic carbocycles. The largest absolute Gasteiger partial charge is 0.354 e. The van der Waals surface area contributed by atoms with E-state index in [0.29, 0.717) is 0 Å². The van der Waals surface area contributed by atoms with Crippen LogP contribution in [0.15, 0.2) is 6.20 Å². The van der Waals surface area contributed by atoms with Gasteiger partial charge in [0, 0.05) is 31.2 Å². The summed E-state index contributed by atoms with van der Waals surface area (Å²) in [5.41, 5.74) is 5.68. The van der Waals surface area contributed by atoms with E-state index in [0.717, 1.165) is 18.0 Å². The van der Waals surface area contributed by atoms with Crippen LogP contribution in [0.2, 0.25) is 0 Å². The Morgan fingerprint density at radius 3 is 2.77 bits per heavy atom. The maximum atomic E-state index is 5.68. The predicted molar refractivity (Wildman–Crippen MR) is 58.4 cm³/mol. The van der Waals surface area contributed by atoms with E-state index in [1.54, 1.807) is 11.3 Å². The van der Waals surface area contributed by atoms with Crippen molar-refractivity contribution in [2.75, 3.05) is 19.0 Å². The Bertz CT molecular complexity index is 255. The van der Waals surface area contributed by atoms with Gasteiger partial charge in [-0.1, -0.05) is 0 Å². The van der Waals surface area contributed by atoms with Crippen LogP contribution in [0, 0.1) is 0 Å². The van der Waals surface area contributed by atoms with Gasteiger partial charge in [0.2, 0.25) is 0 Å². The van der Waals surface area contributed by atoms with Gasteiger partial charge in [0.1, 0.15) is 0 Å². The van der Waals surface area contributed by atoms with E-state index in [9.17, 15) is 0 Å². The summed E-state index contributed by atoms with van der Waals surface area (Å²) in [5.74, 6) is 0. The summed E-state index contributed by atoms with van der Waals surface area (Å²) in [6.45, 7) is 2.04. The molecule has 0 aromatic carbocycles. The highest BCUT2D eigenvalue weighted by Gasteiger charge is 2.04. The molecule has 4 heteroatoms. The fourth-order valence-electron chi connectivity index (χ4n) is 0.989. The number of rotatable bonds is 4. The second kappa shape index (κ2) is 4.58. The topological polar surface area (TPSA) is 42.1 Å². The summed E-state index contributed by atoms with van der Waals surface area (Å²) >= 11 is 1.74. The Labute approximate surface area is 83.6 Å². The molecule has 1 rings (SSSR count). The van der Waals surface area contributed by atoms with Crippen molar-refractivity contribution in [3.63, 3.8) is 0 Å². The summed E-state index contributed by atoms with van der Waals surface area (Å²) in [4.78, 5) is 7.65. The molecule has 0 fully saturated rings. The first-order valence-electron chi connectivity index (χ1n) is 4.47. The van der Waals surface area contributed by atoms with E-state index >= 15 is 0 Å². The van der Waals surface area contributed by atoms with Crippen LogP contribution >= 0.6 is 11.3 Å². The maximum Gasteiger partial charge on any atom is 0.184 e. The van der Waals surface area contributed by atoms with Gasteiger partial charge in [-0.15, -0.1) is 11.3 Å². The lowest BCUT2D eigenvalue weighted by Crippen LogP contribution is -2.14. The van der Waals surface area contributed by atoms with Crippen LogP contribution in [0.3, 0.4) is 0 Å². The molecule has 0 saturated carbocycles. The summed E-state index contributed by atoms with van der Waals surface area (Å²) in [6, 6.07) is 0.282. The molecule has 3 nitrogen and oxygen atoms in total. The molecule has 74 valence electrons. The summed E-state index contributed by atoms with van der Waals surface area (Å²) in [6.07, 6.45) is 4.03. The lowest BCUT2D eigenvalue weighted by molar-refractivity contribution is 0.670. The van der Waals surface area contributed by atoms with Crippen LogP contribution in [0.5, 0.6) is 0 Å². The minimum Gasteiger partial charge on any atom is -0.354 e. The van der Waals surface area contributed by atoms with Crippen molar-refractivity contribution in [1.29, 1.82) is 0 Å². The van der Waals surface area contributed by atoms with E-state index in [2.05, 4.69) is 4.98 Å². The Morgan fingerprint density at radius 2 is 2.31 bits per heavy atom. The normalized spacial score (nSPS) is 12.9. The molecule has 1 aromatic heterocycles. The molecule has 2 N–H and O–H groups in total. The highest BCUT2D eigenvalue weighted by molar-refractivity contribution is 7.15. The molecule has 0 spiro atoms. The maximum absolute atomic E-state index is 5.68. The number of aromatic nitrogens is 1. The van der Waals surface area contributed by atoms with Gasteiger partial charge in [-0.05, 0) is 19.8 Å². The molecule has 0 radical (unpaired) electrons. The molecule has 0 unspecified atom stereocenters. The third-order valence-electron chi connectivity index (χ3n) is 1.77. The van der Waals surface area contributed by atoms with Crippen molar-refractivity contribution in [2.45, 2.75) is 25.8 Å². The lowest BCUT2D eigenvalue weighted by atomic mass is 10.2. The van der Waals surface area contributed by atoms with Crippen LogP contribution in [-0.2, 0) is 6.42 Å². The van der Waals surface area contributed by atoms with Crippen molar-refractivity contribution in [3.8, 4) is 0 Å². The van der Waals surface area contributed by atoms with Crippen molar-refractivity contribution in [3.05, 3.63) is 11.1 Å². The van der Waals surface area contributed by atoms with Gasteiger partial charge < -0.3 is 10.6 Å². The number of nitrogens with zero attached hydrogens (tertiary/aromatic N) is 2. The molecule has 0 aliphatic rings. The molecule has 1 aromatic rings. The number of thiazole rings is 1. The fraction of sp³-hybridized carbons (Fsp3) is 0.667. The summed E-state index contributed by atoms with van der Waals surface area (Å²) < 4.78 is 0. The zero-order valence-corrected chi connectivity index (χ0v) is 9.27. The first-order chi connectivity index (χ1) is 6.09. The smallest absolute Gasteiger partial charge is 0.184 e. The highest BCUT2D eigenvalue weighted by Crippen LogP contribution is 2.21. The van der Waals surface area contributed by atoms with Crippen molar-refractivity contribution in [1.82, 2.24) is 4.98 Å². The van der Waals surface area contributed by atoms with Gasteiger partial charge in [0.15, 0.2) is 5.13 Å². The molecule has 0 saturated heterocycles. The van der Waals surface area contributed by atoms with Crippen LogP contribution in [-0.4, -0.2) is 25.1 Å². The minimum atomic E-state index is 0.282. The van der Waals surface area contributed by atoms with Crippen LogP contribution in [0.4, 0.5) is 5.13 Å². The quantitative estimate of drug-likeness (QED) is 0.799. The number of nitrogens with two attached hydrogens (primary N) is 1. The van der Waals surface area contributed by atoms with Gasteiger partial charge in [0.25, 0.3) is 0 Å². The first-order valence-corrected chi connectivity index (χ1v) is 5.29. The number of hydrogen-bond donors (Lipinski definition) is 1. The standard InChI is InChI=1S/C9H17N3S/c1-7(10)4-5-8-6-11-9(13-8)12(2)3/h6-7H,4-5,10H2,1-3H3/t7-/m1/s1. The van der Waals surface area contributed by atoms with E-state index in [-0.39, 0.29) is 6.04 Å². The average molecular weight is 199 g/mol. The Kier molecular flexibility index (Phi) is 3.69. The zero-order chi connectivity index (χ0) is 9.84. The molecule has 0 amide bonds. The summed E-state index contributed by atoms with van der Waals surface area (Å²) in [5, 5.41) is 1.07. The van der Waals surface area contributed by atoms with Gasteiger partial charge in [-0.3, -0.25) is 0 Å². The van der Waals surface area contributed by atoms with Crippen molar-refractivity contribution in [2.24, 2.45) is 5.73 Å². The number of hydrogen-bond acceptors (Lipinski definition) is 4. The average Bonchev–Trinajstić information content (AvgIpc) is 2.48. The van der Waals surface area contributed by atoms with E-state index in [1.807, 2.05) is 32.1 Å². The second-order valence-corrected chi connectivity index (χ2v) is 4.61. The third kappa shape index (κ3) is 3.32. The monoisotopic (exact) mass is 199 g/mol. The van der Waals surface area contributed by atoms with E-state index in [4.69, 9.17) is 5.73 Å². The zero-order valence-electron chi connectivity index (χ0n) is 8.45. The van der Waals surface area contributed by atoms with Gasteiger partial charge in [-0.25, -0.2) is 4.98 Å². The molecule has 0 aliphatic heterocycles. The van der Waals surface area contributed by atoms with Crippen LogP contribution in [0.25, 0.3) is 0 Å².